The minimum Gasteiger partial charge on any atom is -0.390 e. The Hall–Kier alpha value is -2.90. The molecule has 1 aromatic carbocycles. The van der Waals surface area contributed by atoms with E-state index in [4.69, 9.17) is 4.74 Å². The maximum atomic E-state index is 12.5. The summed E-state index contributed by atoms with van der Waals surface area (Å²) in [4.78, 5) is 28.2. The summed E-state index contributed by atoms with van der Waals surface area (Å²) in [5, 5.41) is 17.0. The Morgan fingerprint density at radius 3 is 2.56 bits per heavy atom. The number of aliphatic hydroxyl groups excluding tert-OH is 1. The Balaban J connectivity index is 2.18. The van der Waals surface area contributed by atoms with Crippen LogP contribution >= 0.6 is 0 Å². The minimum absolute atomic E-state index is 0.195. The Morgan fingerprint density at radius 2 is 1.94 bits per heavy atom. The fourth-order valence-electron chi connectivity index (χ4n) is 3.70. The lowest BCUT2D eigenvalue weighted by Crippen LogP contribution is -2.53. The summed E-state index contributed by atoms with van der Waals surface area (Å²) in [6.07, 6.45) is 3.21. The largest absolute Gasteiger partial charge is 0.390 e. The number of methoxy groups -OCH3 is 1. The fraction of sp³-hybridized carbons (Fsp3) is 0.440. The number of aromatic nitrogens is 1. The molecular formula is C25H33N3O4. The van der Waals surface area contributed by atoms with E-state index in [1.165, 1.54) is 0 Å². The SMILES string of the molecule is C=CC(C)(C)c1[nH]c2c(C[C@H](O)C(C)(C)OC)cccc2c1/C=C1\NC(=O)[C@H](C)NC1=O. The highest BCUT2D eigenvalue weighted by Gasteiger charge is 2.31. The van der Waals surface area contributed by atoms with Gasteiger partial charge in [-0.05, 0) is 32.4 Å². The van der Waals surface area contributed by atoms with E-state index in [-0.39, 0.29) is 17.5 Å². The number of allylic oxidation sites excluding steroid dienone is 1. The number of benzene rings is 1. The van der Waals surface area contributed by atoms with E-state index in [0.29, 0.717) is 6.42 Å². The monoisotopic (exact) mass is 439 g/mol. The van der Waals surface area contributed by atoms with Crippen molar-refractivity contribution in [3.05, 3.63) is 53.4 Å². The van der Waals surface area contributed by atoms with Crippen LogP contribution in [0.15, 0.2) is 36.6 Å². The lowest BCUT2D eigenvalue weighted by molar-refractivity contribution is -0.130. The summed E-state index contributed by atoms with van der Waals surface area (Å²) in [5.74, 6) is -0.590. The zero-order valence-electron chi connectivity index (χ0n) is 19.6. The molecule has 1 aliphatic heterocycles. The molecule has 4 N–H and O–H groups in total. The molecule has 2 atom stereocenters. The fourth-order valence-corrected chi connectivity index (χ4v) is 3.70. The van der Waals surface area contributed by atoms with Crippen LogP contribution in [0.3, 0.4) is 0 Å². The van der Waals surface area contributed by atoms with Gasteiger partial charge in [0.15, 0.2) is 0 Å². The van der Waals surface area contributed by atoms with E-state index in [0.717, 1.165) is 27.7 Å². The van der Waals surface area contributed by atoms with E-state index in [1.807, 2.05) is 52.0 Å². The van der Waals surface area contributed by atoms with Crippen molar-refractivity contribution >= 4 is 28.8 Å². The molecule has 1 saturated heterocycles. The number of amides is 2. The Bertz CT molecular complexity index is 1090. The van der Waals surface area contributed by atoms with Crippen molar-refractivity contribution in [1.82, 2.24) is 15.6 Å². The van der Waals surface area contributed by atoms with Crippen molar-refractivity contribution in [3.8, 4) is 0 Å². The predicted molar refractivity (Wildman–Crippen MR) is 126 cm³/mol. The number of carbonyl (C=O) groups excluding carboxylic acids is 2. The smallest absolute Gasteiger partial charge is 0.268 e. The number of para-hydroxylation sites is 1. The van der Waals surface area contributed by atoms with Crippen molar-refractivity contribution < 1.29 is 19.4 Å². The van der Waals surface area contributed by atoms with Crippen molar-refractivity contribution in [2.45, 2.75) is 64.2 Å². The number of hydrogen-bond acceptors (Lipinski definition) is 4. The maximum absolute atomic E-state index is 12.5. The van der Waals surface area contributed by atoms with Gasteiger partial charge in [-0.15, -0.1) is 6.58 Å². The summed E-state index contributed by atoms with van der Waals surface area (Å²) in [5.41, 5.74) is 2.51. The highest BCUT2D eigenvalue weighted by atomic mass is 16.5. The average molecular weight is 440 g/mol. The summed E-state index contributed by atoms with van der Waals surface area (Å²) < 4.78 is 5.45. The number of piperazine rings is 1. The van der Waals surface area contributed by atoms with Gasteiger partial charge in [-0.1, -0.05) is 38.1 Å². The average Bonchev–Trinajstić information content (AvgIpc) is 3.12. The highest BCUT2D eigenvalue weighted by Crippen LogP contribution is 2.36. The molecular weight excluding hydrogens is 406 g/mol. The molecule has 3 rings (SSSR count). The molecule has 7 nitrogen and oxygen atoms in total. The van der Waals surface area contributed by atoms with Crippen LogP contribution in [0.5, 0.6) is 0 Å². The van der Waals surface area contributed by atoms with Gasteiger partial charge in [0, 0.05) is 41.1 Å². The maximum Gasteiger partial charge on any atom is 0.268 e. The van der Waals surface area contributed by atoms with E-state index >= 15 is 0 Å². The molecule has 2 heterocycles. The molecule has 1 aliphatic rings. The van der Waals surface area contributed by atoms with Crippen LogP contribution in [0.25, 0.3) is 17.0 Å². The van der Waals surface area contributed by atoms with Gasteiger partial charge >= 0.3 is 0 Å². The first-order valence-electron chi connectivity index (χ1n) is 10.8. The molecule has 0 spiro atoms. The van der Waals surface area contributed by atoms with Crippen LogP contribution in [0.2, 0.25) is 0 Å². The molecule has 0 radical (unpaired) electrons. The van der Waals surface area contributed by atoms with Gasteiger partial charge in [-0.2, -0.15) is 0 Å². The highest BCUT2D eigenvalue weighted by molar-refractivity contribution is 6.08. The first-order valence-corrected chi connectivity index (χ1v) is 10.8. The van der Waals surface area contributed by atoms with E-state index in [9.17, 15) is 14.7 Å². The van der Waals surface area contributed by atoms with Crippen LogP contribution < -0.4 is 10.6 Å². The summed E-state index contributed by atoms with van der Waals surface area (Å²) >= 11 is 0. The van der Waals surface area contributed by atoms with Crippen LogP contribution in [-0.2, 0) is 26.2 Å². The Kier molecular flexibility index (Phi) is 6.36. The third kappa shape index (κ3) is 4.36. The summed E-state index contributed by atoms with van der Waals surface area (Å²) in [7, 11) is 1.58. The molecule has 1 aromatic heterocycles. The van der Waals surface area contributed by atoms with Crippen LogP contribution in [0.4, 0.5) is 0 Å². The van der Waals surface area contributed by atoms with Crippen LogP contribution in [0.1, 0.15) is 51.4 Å². The molecule has 7 heteroatoms. The van der Waals surface area contributed by atoms with Crippen LogP contribution in [0, 0.1) is 0 Å². The van der Waals surface area contributed by atoms with E-state index in [1.54, 1.807) is 20.1 Å². The lowest BCUT2D eigenvalue weighted by atomic mass is 9.86. The second kappa shape index (κ2) is 8.56. The number of aliphatic hydroxyl groups is 1. The quantitative estimate of drug-likeness (QED) is 0.393. The number of hydrogen-bond donors (Lipinski definition) is 4. The van der Waals surface area contributed by atoms with Gasteiger partial charge in [0.2, 0.25) is 5.91 Å². The normalized spacial score (nSPS) is 19.7. The third-order valence-corrected chi connectivity index (χ3v) is 6.39. The zero-order chi connectivity index (χ0) is 23.8. The number of ether oxygens (including phenoxy) is 1. The molecule has 0 unspecified atom stereocenters. The number of aromatic amines is 1. The number of fused-ring (bicyclic) bond motifs is 1. The number of H-pyrrole nitrogens is 1. The minimum atomic E-state index is -0.719. The lowest BCUT2D eigenvalue weighted by Gasteiger charge is -2.29. The summed E-state index contributed by atoms with van der Waals surface area (Å²) in [6, 6.07) is 5.27. The van der Waals surface area contributed by atoms with Crippen molar-refractivity contribution in [3.63, 3.8) is 0 Å². The molecule has 1 fully saturated rings. The topological polar surface area (TPSA) is 103 Å². The number of nitrogens with one attached hydrogen (secondary N) is 3. The Labute approximate surface area is 188 Å². The van der Waals surface area contributed by atoms with Gasteiger partial charge in [0.1, 0.15) is 11.7 Å². The first kappa shape index (κ1) is 23.8. The van der Waals surface area contributed by atoms with Gasteiger partial charge in [0.05, 0.1) is 11.7 Å². The van der Waals surface area contributed by atoms with Crippen LogP contribution in [-0.4, -0.2) is 46.8 Å². The van der Waals surface area contributed by atoms with E-state index in [2.05, 4.69) is 22.2 Å². The number of carbonyl (C=O) groups is 2. The molecule has 0 saturated carbocycles. The third-order valence-electron chi connectivity index (χ3n) is 6.39. The molecule has 2 amide bonds. The molecule has 0 bridgehead atoms. The van der Waals surface area contributed by atoms with Gasteiger partial charge < -0.3 is 25.5 Å². The Morgan fingerprint density at radius 1 is 1.25 bits per heavy atom. The summed E-state index contributed by atoms with van der Waals surface area (Å²) in [6.45, 7) is 13.4. The first-order chi connectivity index (χ1) is 14.9. The molecule has 32 heavy (non-hydrogen) atoms. The van der Waals surface area contributed by atoms with Gasteiger partial charge in [-0.25, -0.2) is 0 Å². The van der Waals surface area contributed by atoms with Gasteiger partial charge in [-0.3, -0.25) is 9.59 Å². The van der Waals surface area contributed by atoms with Crippen molar-refractivity contribution in [2.75, 3.05) is 7.11 Å². The molecule has 172 valence electrons. The standard InChI is InChI=1S/C25H33N3O4/c1-8-24(3,4)21-17(13-18-23(31)26-14(2)22(30)27-18)16-11-9-10-15(20(16)28-21)12-19(29)25(5,6)32-7/h8-11,13-14,19,28-29H,1,12H2,2-7H3,(H,26,31)(H,27,30)/b18-13-/t14-,19-/m0/s1. The van der Waals surface area contributed by atoms with Crippen molar-refractivity contribution in [1.29, 1.82) is 0 Å². The van der Waals surface area contributed by atoms with E-state index < -0.39 is 23.2 Å². The molecule has 2 aromatic rings. The van der Waals surface area contributed by atoms with Crippen molar-refractivity contribution in [2.24, 2.45) is 0 Å². The predicted octanol–water partition coefficient (Wildman–Crippen LogP) is 2.94. The zero-order valence-corrected chi connectivity index (χ0v) is 19.6. The second-order valence-corrected chi connectivity index (χ2v) is 9.45. The van der Waals surface area contributed by atoms with Gasteiger partial charge in [0.25, 0.3) is 5.91 Å². The number of rotatable bonds is 7. The molecule has 0 aliphatic carbocycles. The second-order valence-electron chi connectivity index (χ2n) is 9.45.